The van der Waals surface area contributed by atoms with Crippen molar-refractivity contribution < 1.29 is 19.1 Å². The lowest BCUT2D eigenvalue weighted by Gasteiger charge is -2.28. The number of carbonyl (C=O) groups excluding carboxylic acids is 2. The summed E-state index contributed by atoms with van der Waals surface area (Å²) in [5, 5.41) is 0.889. The maximum absolute atomic E-state index is 14.5. The predicted octanol–water partition coefficient (Wildman–Crippen LogP) is 7.39. The number of aromatic nitrogens is 1. The van der Waals surface area contributed by atoms with Crippen LogP contribution in [0.25, 0.3) is 0 Å². The minimum absolute atomic E-state index is 0. The fourth-order valence-electron chi connectivity index (χ4n) is 5.65. The zero-order valence-electron chi connectivity index (χ0n) is 25.0. The van der Waals surface area contributed by atoms with E-state index in [0.29, 0.717) is 57.7 Å². The van der Waals surface area contributed by atoms with Crippen molar-refractivity contribution in [3.63, 3.8) is 0 Å². The van der Waals surface area contributed by atoms with Crippen LogP contribution in [0.15, 0.2) is 79.1 Å². The highest BCUT2D eigenvalue weighted by atomic mass is 35.5. The van der Waals surface area contributed by atoms with Crippen LogP contribution in [0.1, 0.15) is 46.5 Å². The highest BCUT2D eigenvalue weighted by Gasteiger charge is 2.50. The standard InChI is InChI=1S/C34H33Cl2N3O4.ClH/c1-5-38(17-14-22-12-15-37-16-13-22)32(40)23-7-10-29(36)27(18-23)34(2)28-19-25(35)8-11-30(28)39(33(34)41)21-24-6-9-26(42-3)20-31(24)43-4;/h6-13,15-16,18-20H,5,14,17,21H2,1-4H3;1H. The molecule has 0 saturated heterocycles. The number of rotatable bonds is 10. The van der Waals surface area contributed by atoms with Gasteiger partial charge in [-0.3, -0.25) is 14.6 Å². The molecular weight excluding hydrogens is 621 g/mol. The first-order chi connectivity index (χ1) is 20.7. The molecule has 0 aliphatic carbocycles. The zero-order valence-corrected chi connectivity index (χ0v) is 27.3. The maximum Gasteiger partial charge on any atom is 0.253 e. The molecule has 10 heteroatoms. The number of anilines is 1. The van der Waals surface area contributed by atoms with Gasteiger partial charge in [0.2, 0.25) is 5.91 Å². The minimum atomic E-state index is -1.19. The molecule has 1 aliphatic rings. The predicted molar refractivity (Wildman–Crippen MR) is 177 cm³/mol. The molecule has 1 unspecified atom stereocenters. The molecule has 2 heterocycles. The number of methoxy groups -OCH3 is 2. The molecule has 1 aliphatic heterocycles. The lowest BCUT2D eigenvalue weighted by atomic mass is 9.76. The van der Waals surface area contributed by atoms with Gasteiger partial charge in [0, 0.05) is 58.4 Å². The van der Waals surface area contributed by atoms with Crippen molar-refractivity contribution in [1.82, 2.24) is 9.88 Å². The Balaban J connectivity index is 0.00000442. The Morgan fingerprint density at radius 1 is 0.955 bits per heavy atom. The van der Waals surface area contributed by atoms with Crippen LogP contribution < -0.4 is 14.4 Å². The van der Waals surface area contributed by atoms with E-state index >= 15 is 0 Å². The summed E-state index contributed by atoms with van der Waals surface area (Å²) >= 11 is 13.3. The maximum atomic E-state index is 14.5. The molecule has 2 amide bonds. The van der Waals surface area contributed by atoms with E-state index in [0.717, 1.165) is 16.8 Å². The molecule has 44 heavy (non-hydrogen) atoms. The molecule has 0 saturated carbocycles. The van der Waals surface area contributed by atoms with Gasteiger partial charge in [0.1, 0.15) is 16.9 Å². The van der Waals surface area contributed by atoms with Crippen LogP contribution in [0.4, 0.5) is 5.69 Å². The van der Waals surface area contributed by atoms with Gasteiger partial charge in [-0.15, -0.1) is 12.4 Å². The van der Waals surface area contributed by atoms with E-state index in [4.69, 9.17) is 32.7 Å². The molecule has 7 nitrogen and oxygen atoms in total. The number of ether oxygens (including phenoxy) is 2. The third kappa shape index (κ3) is 6.23. The first-order valence-corrected chi connectivity index (χ1v) is 14.8. The second-order valence-corrected chi connectivity index (χ2v) is 11.4. The Labute approximate surface area is 274 Å². The van der Waals surface area contributed by atoms with E-state index in [2.05, 4.69) is 4.98 Å². The number of pyridine rings is 1. The van der Waals surface area contributed by atoms with Gasteiger partial charge in [-0.05, 0) is 97.6 Å². The second-order valence-electron chi connectivity index (χ2n) is 10.5. The number of carbonyl (C=O) groups is 2. The van der Waals surface area contributed by atoms with Crippen LogP contribution in [0.3, 0.4) is 0 Å². The molecule has 0 N–H and O–H groups in total. The molecule has 0 fully saturated rings. The number of fused-ring (bicyclic) bond motifs is 1. The smallest absolute Gasteiger partial charge is 0.253 e. The molecular formula is C34H34Cl3N3O4. The van der Waals surface area contributed by atoms with E-state index in [1.807, 2.05) is 44.2 Å². The van der Waals surface area contributed by atoms with Gasteiger partial charge in [0.15, 0.2) is 0 Å². The number of hydrogen-bond donors (Lipinski definition) is 0. The average Bonchev–Trinajstić information content (AvgIpc) is 3.23. The molecule has 5 rings (SSSR count). The average molecular weight is 655 g/mol. The van der Waals surface area contributed by atoms with Gasteiger partial charge in [-0.2, -0.15) is 0 Å². The number of nitrogens with zero attached hydrogens (tertiary/aromatic N) is 3. The highest BCUT2D eigenvalue weighted by Crippen LogP contribution is 2.49. The van der Waals surface area contributed by atoms with Crippen LogP contribution in [0.5, 0.6) is 11.5 Å². The number of halogens is 3. The SMILES string of the molecule is CCN(CCc1ccncc1)C(=O)c1ccc(Cl)c(C2(C)C(=O)N(Cc3ccc(OC)cc3OC)c3ccc(Cl)cc32)c1.Cl. The summed E-state index contributed by atoms with van der Waals surface area (Å²) in [5.74, 6) is 0.947. The van der Waals surface area contributed by atoms with E-state index in [1.54, 1.807) is 72.8 Å². The van der Waals surface area contributed by atoms with Crippen molar-refractivity contribution in [3.05, 3.63) is 117 Å². The van der Waals surface area contributed by atoms with Crippen molar-refractivity contribution in [2.24, 2.45) is 0 Å². The third-order valence-corrected chi connectivity index (χ3v) is 8.69. The van der Waals surface area contributed by atoms with Crippen LogP contribution in [0, 0.1) is 0 Å². The van der Waals surface area contributed by atoms with Gasteiger partial charge in [-0.25, -0.2) is 0 Å². The van der Waals surface area contributed by atoms with Crippen molar-refractivity contribution in [2.75, 3.05) is 32.2 Å². The summed E-state index contributed by atoms with van der Waals surface area (Å²) in [5.41, 5.74) is 3.16. The van der Waals surface area contributed by atoms with Crippen LogP contribution in [-0.4, -0.2) is 49.0 Å². The Bertz CT molecular complexity index is 1670. The van der Waals surface area contributed by atoms with E-state index < -0.39 is 5.41 Å². The molecule has 3 aromatic carbocycles. The number of likely N-dealkylation sites (N-methyl/N-ethyl adjacent to an activating group) is 1. The van der Waals surface area contributed by atoms with Gasteiger partial charge in [0.25, 0.3) is 5.91 Å². The summed E-state index contributed by atoms with van der Waals surface area (Å²) in [6.45, 7) is 5.13. The van der Waals surface area contributed by atoms with E-state index in [-0.39, 0.29) is 30.8 Å². The molecule has 0 bridgehead atoms. The van der Waals surface area contributed by atoms with Crippen molar-refractivity contribution in [2.45, 2.75) is 32.2 Å². The lowest BCUT2D eigenvalue weighted by molar-refractivity contribution is -0.121. The largest absolute Gasteiger partial charge is 0.497 e. The molecule has 230 valence electrons. The Hall–Kier alpha value is -3.78. The second kappa shape index (κ2) is 13.9. The van der Waals surface area contributed by atoms with E-state index in [9.17, 15) is 9.59 Å². The monoisotopic (exact) mass is 653 g/mol. The van der Waals surface area contributed by atoms with Crippen LogP contribution in [0.2, 0.25) is 10.0 Å². The van der Waals surface area contributed by atoms with Gasteiger partial charge in [-0.1, -0.05) is 23.2 Å². The van der Waals surface area contributed by atoms with Crippen molar-refractivity contribution in [3.8, 4) is 11.5 Å². The van der Waals surface area contributed by atoms with Crippen LogP contribution in [-0.2, 0) is 23.2 Å². The summed E-state index contributed by atoms with van der Waals surface area (Å²) in [4.78, 5) is 35.8. The summed E-state index contributed by atoms with van der Waals surface area (Å²) in [6.07, 6.45) is 4.20. The Morgan fingerprint density at radius 3 is 2.39 bits per heavy atom. The van der Waals surface area contributed by atoms with Crippen LogP contribution >= 0.6 is 35.6 Å². The Morgan fingerprint density at radius 2 is 1.70 bits per heavy atom. The fraction of sp³-hybridized carbons (Fsp3) is 0.265. The summed E-state index contributed by atoms with van der Waals surface area (Å²) < 4.78 is 11.0. The quantitative estimate of drug-likeness (QED) is 0.178. The van der Waals surface area contributed by atoms with Gasteiger partial charge < -0.3 is 19.3 Å². The topological polar surface area (TPSA) is 72.0 Å². The number of benzene rings is 3. The van der Waals surface area contributed by atoms with Crippen molar-refractivity contribution in [1.29, 1.82) is 0 Å². The first-order valence-electron chi connectivity index (χ1n) is 14.0. The molecule has 1 aromatic heterocycles. The normalized spacial score (nSPS) is 15.4. The summed E-state index contributed by atoms with van der Waals surface area (Å²) in [7, 11) is 3.17. The van der Waals surface area contributed by atoms with E-state index in [1.165, 1.54) is 0 Å². The van der Waals surface area contributed by atoms with Crippen molar-refractivity contribution >= 4 is 53.1 Å². The first kappa shape index (κ1) is 33.1. The lowest BCUT2D eigenvalue weighted by Crippen LogP contribution is -2.39. The van der Waals surface area contributed by atoms with Gasteiger partial charge in [0.05, 0.1) is 20.8 Å². The highest BCUT2D eigenvalue weighted by molar-refractivity contribution is 6.33. The molecule has 0 spiro atoms. The molecule has 0 radical (unpaired) electrons. The summed E-state index contributed by atoms with van der Waals surface area (Å²) in [6, 6.07) is 20.0. The Kier molecular flexibility index (Phi) is 10.5. The minimum Gasteiger partial charge on any atom is -0.497 e. The third-order valence-electron chi connectivity index (χ3n) is 8.12. The molecule has 4 aromatic rings. The van der Waals surface area contributed by atoms with Gasteiger partial charge >= 0.3 is 0 Å². The number of amides is 2. The molecule has 1 atom stereocenters. The zero-order chi connectivity index (χ0) is 30.7. The fourth-order valence-corrected chi connectivity index (χ4v) is 6.13. The number of hydrogen-bond acceptors (Lipinski definition) is 5.